The lowest BCUT2D eigenvalue weighted by Crippen LogP contribution is -2.08. The highest BCUT2D eigenvalue weighted by Gasteiger charge is 2.03. The summed E-state index contributed by atoms with van der Waals surface area (Å²) in [5.74, 6) is 0.964. The van der Waals surface area contributed by atoms with Crippen LogP contribution < -0.4 is 5.32 Å². The maximum Gasteiger partial charge on any atom is 0.148 e. The van der Waals surface area contributed by atoms with Crippen LogP contribution in [0.15, 0.2) is 42.6 Å². The number of aromatic nitrogens is 2. The van der Waals surface area contributed by atoms with E-state index in [1.54, 1.807) is 0 Å². The molecule has 3 heteroatoms. The molecule has 0 aliphatic carbocycles. The van der Waals surface area contributed by atoms with Gasteiger partial charge < -0.3 is 5.32 Å². The molecule has 1 aromatic heterocycles. The Labute approximate surface area is 109 Å². The molecule has 0 aliphatic heterocycles. The van der Waals surface area contributed by atoms with E-state index in [1.165, 1.54) is 5.56 Å². The number of hydrogen-bond acceptors (Lipinski definition) is 2. The lowest BCUT2D eigenvalue weighted by atomic mass is 10.1. The molecule has 0 fully saturated rings. The number of nitrogens with zero attached hydrogens (tertiary/aromatic N) is 2. The zero-order valence-corrected chi connectivity index (χ0v) is 11.1. The van der Waals surface area contributed by atoms with Crippen LogP contribution in [0.4, 0.5) is 5.82 Å². The molecule has 0 saturated carbocycles. The summed E-state index contributed by atoms with van der Waals surface area (Å²) >= 11 is 0. The van der Waals surface area contributed by atoms with Gasteiger partial charge in [-0.05, 0) is 25.3 Å². The summed E-state index contributed by atoms with van der Waals surface area (Å²) in [5.41, 5.74) is 1.35. The Hall–Kier alpha value is -1.77. The maximum absolute atomic E-state index is 4.52. The fraction of sp³-hybridized carbons (Fsp3) is 0.400. The number of hydrogen-bond donors (Lipinski definition) is 1. The van der Waals surface area contributed by atoms with Crippen molar-refractivity contribution in [2.45, 2.75) is 32.7 Å². The van der Waals surface area contributed by atoms with Crippen LogP contribution in [0.5, 0.6) is 0 Å². The van der Waals surface area contributed by atoms with Gasteiger partial charge in [0.2, 0.25) is 0 Å². The third kappa shape index (κ3) is 3.36. The Morgan fingerprint density at radius 2 is 2.00 bits per heavy atom. The summed E-state index contributed by atoms with van der Waals surface area (Å²) in [5, 5.41) is 7.88. The van der Waals surface area contributed by atoms with Crippen LogP contribution in [0.3, 0.4) is 0 Å². The molecule has 3 nitrogen and oxygen atoms in total. The van der Waals surface area contributed by atoms with Gasteiger partial charge in [-0.1, -0.05) is 37.3 Å². The highest BCUT2D eigenvalue weighted by Crippen LogP contribution is 2.11. The van der Waals surface area contributed by atoms with E-state index in [-0.39, 0.29) is 0 Å². The Balaban J connectivity index is 1.82. The normalized spacial score (nSPS) is 12.3. The predicted octanol–water partition coefficient (Wildman–Crippen LogP) is 3.51. The quantitative estimate of drug-likeness (QED) is 0.841. The summed E-state index contributed by atoms with van der Waals surface area (Å²) in [6, 6.07) is 13.0. The molecule has 18 heavy (non-hydrogen) atoms. The van der Waals surface area contributed by atoms with E-state index >= 15 is 0 Å². The van der Waals surface area contributed by atoms with Crippen LogP contribution in [-0.2, 0) is 6.42 Å². The molecule has 1 aromatic carbocycles. The molecule has 0 bridgehead atoms. The molecule has 0 radical (unpaired) electrons. The van der Waals surface area contributed by atoms with Gasteiger partial charge in [0.05, 0.1) is 0 Å². The summed E-state index contributed by atoms with van der Waals surface area (Å²) < 4.78 is 2.02. The van der Waals surface area contributed by atoms with E-state index in [9.17, 15) is 0 Å². The molecule has 1 unspecified atom stereocenters. The monoisotopic (exact) mass is 243 g/mol. The lowest BCUT2D eigenvalue weighted by Gasteiger charge is -2.08. The van der Waals surface area contributed by atoms with E-state index in [0.717, 1.165) is 25.2 Å². The fourth-order valence-corrected chi connectivity index (χ4v) is 1.84. The third-order valence-corrected chi connectivity index (χ3v) is 3.21. The number of nitrogens with one attached hydrogen (secondary N) is 1. The fourth-order valence-electron chi connectivity index (χ4n) is 1.84. The Bertz CT molecular complexity index is 462. The van der Waals surface area contributed by atoms with Crippen molar-refractivity contribution in [2.24, 2.45) is 0 Å². The molecule has 1 N–H and O–H groups in total. The van der Waals surface area contributed by atoms with Gasteiger partial charge in [-0.2, -0.15) is 5.10 Å². The van der Waals surface area contributed by atoms with E-state index in [0.29, 0.717) is 6.04 Å². The second-order valence-electron chi connectivity index (χ2n) is 4.60. The SMILES string of the molecule is CCC(C)n1ccc(NCCc2ccccc2)n1. The average molecular weight is 243 g/mol. The highest BCUT2D eigenvalue weighted by atomic mass is 15.3. The van der Waals surface area contributed by atoms with E-state index in [2.05, 4.69) is 48.5 Å². The van der Waals surface area contributed by atoms with Gasteiger partial charge in [0.15, 0.2) is 0 Å². The second kappa shape index (κ2) is 6.24. The van der Waals surface area contributed by atoms with Gasteiger partial charge in [-0.3, -0.25) is 4.68 Å². The van der Waals surface area contributed by atoms with Crippen LogP contribution in [-0.4, -0.2) is 16.3 Å². The Morgan fingerprint density at radius 1 is 1.22 bits per heavy atom. The number of benzene rings is 1. The molecule has 0 spiro atoms. The van der Waals surface area contributed by atoms with Crippen LogP contribution in [0.2, 0.25) is 0 Å². The van der Waals surface area contributed by atoms with Gasteiger partial charge >= 0.3 is 0 Å². The second-order valence-corrected chi connectivity index (χ2v) is 4.60. The molecular weight excluding hydrogens is 222 g/mol. The third-order valence-electron chi connectivity index (χ3n) is 3.21. The van der Waals surface area contributed by atoms with Crippen molar-refractivity contribution in [3.63, 3.8) is 0 Å². The van der Waals surface area contributed by atoms with Crippen LogP contribution in [0, 0.1) is 0 Å². The minimum absolute atomic E-state index is 0.467. The molecule has 0 amide bonds. The summed E-state index contributed by atoms with van der Waals surface area (Å²) in [6.45, 7) is 5.27. The minimum atomic E-state index is 0.467. The minimum Gasteiger partial charge on any atom is -0.368 e. The number of anilines is 1. The summed E-state index contributed by atoms with van der Waals surface area (Å²) in [6.07, 6.45) is 4.17. The smallest absolute Gasteiger partial charge is 0.148 e. The van der Waals surface area contributed by atoms with Gasteiger partial charge in [0, 0.05) is 24.8 Å². The van der Waals surface area contributed by atoms with Gasteiger partial charge in [-0.15, -0.1) is 0 Å². The first kappa shape index (κ1) is 12.7. The highest BCUT2D eigenvalue weighted by molar-refractivity contribution is 5.32. The zero-order valence-electron chi connectivity index (χ0n) is 11.1. The van der Waals surface area contributed by atoms with E-state index in [1.807, 2.05) is 23.0 Å². The van der Waals surface area contributed by atoms with Crippen molar-refractivity contribution >= 4 is 5.82 Å². The van der Waals surface area contributed by atoms with Crippen molar-refractivity contribution in [2.75, 3.05) is 11.9 Å². The van der Waals surface area contributed by atoms with E-state index in [4.69, 9.17) is 0 Å². The molecule has 2 aromatic rings. The zero-order chi connectivity index (χ0) is 12.8. The predicted molar refractivity (Wildman–Crippen MR) is 75.9 cm³/mol. The van der Waals surface area contributed by atoms with Crippen molar-refractivity contribution in [1.29, 1.82) is 0 Å². The van der Waals surface area contributed by atoms with Crippen molar-refractivity contribution in [1.82, 2.24) is 9.78 Å². The molecule has 0 aliphatic rings. The molecule has 2 rings (SSSR count). The lowest BCUT2D eigenvalue weighted by molar-refractivity contribution is 0.479. The van der Waals surface area contributed by atoms with Crippen LogP contribution in [0.25, 0.3) is 0 Å². The molecular formula is C15H21N3. The first-order valence-electron chi connectivity index (χ1n) is 6.62. The van der Waals surface area contributed by atoms with Crippen molar-refractivity contribution in [3.8, 4) is 0 Å². The summed E-state index contributed by atoms with van der Waals surface area (Å²) in [7, 11) is 0. The first-order valence-corrected chi connectivity index (χ1v) is 6.62. The largest absolute Gasteiger partial charge is 0.368 e. The molecule has 96 valence electrons. The molecule has 1 heterocycles. The molecule has 0 saturated heterocycles. The number of rotatable bonds is 6. The summed E-state index contributed by atoms with van der Waals surface area (Å²) in [4.78, 5) is 0. The van der Waals surface area contributed by atoms with Crippen LogP contribution in [0.1, 0.15) is 31.9 Å². The topological polar surface area (TPSA) is 29.9 Å². The van der Waals surface area contributed by atoms with Crippen molar-refractivity contribution < 1.29 is 0 Å². The Kier molecular flexibility index (Phi) is 4.40. The van der Waals surface area contributed by atoms with Crippen LogP contribution >= 0.6 is 0 Å². The molecule has 1 atom stereocenters. The van der Waals surface area contributed by atoms with Gasteiger partial charge in [0.25, 0.3) is 0 Å². The standard InChI is InChI=1S/C15H21N3/c1-3-13(2)18-12-10-15(17-18)16-11-9-14-7-5-4-6-8-14/h4-8,10,12-13H,3,9,11H2,1-2H3,(H,16,17). The van der Waals surface area contributed by atoms with Gasteiger partial charge in [-0.25, -0.2) is 0 Å². The Morgan fingerprint density at radius 3 is 2.72 bits per heavy atom. The van der Waals surface area contributed by atoms with Crippen molar-refractivity contribution in [3.05, 3.63) is 48.2 Å². The average Bonchev–Trinajstić information content (AvgIpc) is 2.88. The first-order chi connectivity index (χ1) is 8.79. The maximum atomic E-state index is 4.52. The van der Waals surface area contributed by atoms with Gasteiger partial charge in [0.1, 0.15) is 5.82 Å². The van der Waals surface area contributed by atoms with E-state index < -0.39 is 0 Å².